The summed E-state index contributed by atoms with van der Waals surface area (Å²) in [7, 11) is 1.98. The van der Waals surface area contributed by atoms with Crippen molar-refractivity contribution in [1.29, 1.82) is 0 Å². The van der Waals surface area contributed by atoms with Crippen LogP contribution < -0.4 is 10.1 Å². The van der Waals surface area contributed by atoms with E-state index in [1.165, 1.54) is 22.3 Å². The van der Waals surface area contributed by atoms with Crippen LogP contribution in [-0.2, 0) is 0 Å². The van der Waals surface area contributed by atoms with E-state index in [0.29, 0.717) is 6.04 Å². The third-order valence-electron chi connectivity index (χ3n) is 3.13. The van der Waals surface area contributed by atoms with Crippen molar-refractivity contribution in [1.82, 2.24) is 5.32 Å². The van der Waals surface area contributed by atoms with Crippen LogP contribution in [0.25, 0.3) is 0 Å². The van der Waals surface area contributed by atoms with Crippen molar-refractivity contribution in [2.45, 2.75) is 26.8 Å². The third-order valence-corrected chi connectivity index (χ3v) is 3.13. The fourth-order valence-electron chi connectivity index (χ4n) is 2.17. The summed E-state index contributed by atoms with van der Waals surface area (Å²) in [5.41, 5.74) is 5.27. The minimum atomic E-state index is 0.365. The van der Waals surface area contributed by atoms with Crippen LogP contribution >= 0.6 is 0 Å². The number of hydrogen-bond donors (Lipinski definition) is 1. The van der Waals surface area contributed by atoms with Crippen molar-refractivity contribution in [2.24, 2.45) is 0 Å². The fraction of sp³-hybridized carbons (Fsp3) is 0.500. The minimum Gasteiger partial charge on any atom is -0.491 e. The average Bonchev–Trinajstić information content (AvgIpc) is 2.58. The van der Waals surface area contributed by atoms with Gasteiger partial charge < -0.3 is 10.1 Å². The summed E-state index contributed by atoms with van der Waals surface area (Å²) in [5.74, 6) is 1.10. The van der Waals surface area contributed by atoms with Crippen LogP contribution in [0, 0.1) is 20.8 Å². The molecule has 1 N–H and O–H groups in total. The first kappa shape index (κ1) is 9.53. The molecule has 1 unspecified atom stereocenters. The average molecular weight is 191 g/mol. The second kappa shape index (κ2) is 3.28. The molecule has 1 atom stereocenters. The van der Waals surface area contributed by atoms with Gasteiger partial charge in [0.05, 0.1) is 6.04 Å². The van der Waals surface area contributed by atoms with E-state index < -0.39 is 0 Å². The molecule has 1 aliphatic heterocycles. The molecule has 0 aromatic heterocycles. The Bertz CT molecular complexity index is 371. The van der Waals surface area contributed by atoms with Gasteiger partial charge in [0.2, 0.25) is 0 Å². The first-order valence-corrected chi connectivity index (χ1v) is 5.06. The smallest absolute Gasteiger partial charge is 0.127 e. The third kappa shape index (κ3) is 1.22. The zero-order valence-electron chi connectivity index (χ0n) is 9.27. The maximum Gasteiger partial charge on any atom is 0.127 e. The van der Waals surface area contributed by atoms with Crippen LogP contribution in [0.1, 0.15) is 28.3 Å². The van der Waals surface area contributed by atoms with Gasteiger partial charge in [-0.25, -0.2) is 0 Å². The van der Waals surface area contributed by atoms with Crippen LogP contribution in [0.15, 0.2) is 6.07 Å². The standard InChI is InChI=1S/C12H17NO/c1-7-5-8(2)11-10(13-4)6-14-12(11)9(7)3/h5,10,13H,6H2,1-4H3. The monoisotopic (exact) mass is 191 g/mol. The second-order valence-corrected chi connectivity index (χ2v) is 4.03. The van der Waals surface area contributed by atoms with Crippen molar-refractivity contribution in [3.05, 3.63) is 28.3 Å². The summed E-state index contributed by atoms with van der Waals surface area (Å²) in [5, 5.41) is 3.28. The zero-order valence-corrected chi connectivity index (χ0v) is 9.27. The highest BCUT2D eigenvalue weighted by Gasteiger charge is 2.26. The molecular formula is C12H17NO. The molecule has 0 aliphatic carbocycles. The van der Waals surface area contributed by atoms with Gasteiger partial charge in [-0.15, -0.1) is 0 Å². The van der Waals surface area contributed by atoms with Gasteiger partial charge in [0.25, 0.3) is 0 Å². The van der Waals surface area contributed by atoms with Crippen molar-refractivity contribution < 1.29 is 4.74 Å². The van der Waals surface area contributed by atoms with Crippen molar-refractivity contribution in [2.75, 3.05) is 13.7 Å². The zero-order chi connectivity index (χ0) is 10.3. The summed E-state index contributed by atoms with van der Waals surface area (Å²) < 4.78 is 5.73. The number of fused-ring (bicyclic) bond motifs is 1. The Morgan fingerprint density at radius 2 is 2.00 bits per heavy atom. The van der Waals surface area contributed by atoms with Crippen molar-refractivity contribution in [3.63, 3.8) is 0 Å². The lowest BCUT2D eigenvalue weighted by Gasteiger charge is -2.12. The van der Waals surface area contributed by atoms with Gasteiger partial charge in [0.15, 0.2) is 0 Å². The summed E-state index contributed by atoms with van der Waals surface area (Å²) in [4.78, 5) is 0. The van der Waals surface area contributed by atoms with E-state index in [1.807, 2.05) is 7.05 Å². The lowest BCUT2D eigenvalue weighted by atomic mass is 9.96. The number of aryl methyl sites for hydroxylation is 2. The van der Waals surface area contributed by atoms with E-state index >= 15 is 0 Å². The lowest BCUT2D eigenvalue weighted by Crippen LogP contribution is -2.17. The Balaban J connectivity index is 2.61. The highest BCUT2D eigenvalue weighted by molar-refractivity contribution is 5.53. The van der Waals surface area contributed by atoms with Crippen LogP contribution in [-0.4, -0.2) is 13.7 Å². The normalized spacial score (nSPS) is 19.3. The predicted molar refractivity (Wildman–Crippen MR) is 57.9 cm³/mol. The summed E-state index contributed by atoms with van der Waals surface area (Å²) in [6, 6.07) is 2.61. The summed E-state index contributed by atoms with van der Waals surface area (Å²) in [6.45, 7) is 7.19. The Hall–Kier alpha value is -1.02. The number of benzene rings is 1. The maximum absolute atomic E-state index is 5.73. The number of hydrogen-bond acceptors (Lipinski definition) is 2. The highest BCUT2D eigenvalue weighted by atomic mass is 16.5. The van der Waals surface area contributed by atoms with Gasteiger partial charge in [0, 0.05) is 5.56 Å². The first-order valence-electron chi connectivity index (χ1n) is 5.06. The Morgan fingerprint density at radius 3 is 2.64 bits per heavy atom. The summed E-state index contributed by atoms with van der Waals surface area (Å²) >= 11 is 0. The molecule has 0 saturated heterocycles. The van der Waals surface area contributed by atoms with Crippen LogP contribution in [0.3, 0.4) is 0 Å². The largest absolute Gasteiger partial charge is 0.491 e. The molecule has 0 spiro atoms. The molecule has 2 nitrogen and oxygen atoms in total. The molecule has 76 valence electrons. The minimum absolute atomic E-state index is 0.365. The van der Waals surface area contributed by atoms with Gasteiger partial charge in [-0.3, -0.25) is 0 Å². The van der Waals surface area contributed by atoms with Crippen LogP contribution in [0.4, 0.5) is 0 Å². The van der Waals surface area contributed by atoms with E-state index in [0.717, 1.165) is 12.4 Å². The SMILES string of the molecule is CNC1COc2c(C)c(C)cc(C)c21. The molecule has 14 heavy (non-hydrogen) atoms. The maximum atomic E-state index is 5.73. The Morgan fingerprint density at radius 1 is 1.29 bits per heavy atom. The first-order chi connectivity index (χ1) is 6.65. The molecule has 0 amide bonds. The van der Waals surface area contributed by atoms with Gasteiger partial charge in [0.1, 0.15) is 12.4 Å². The summed E-state index contributed by atoms with van der Waals surface area (Å²) in [6.07, 6.45) is 0. The number of likely N-dealkylation sites (N-methyl/N-ethyl adjacent to an activating group) is 1. The quantitative estimate of drug-likeness (QED) is 0.735. The van der Waals surface area contributed by atoms with Crippen molar-refractivity contribution in [3.8, 4) is 5.75 Å². The number of ether oxygens (including phenoxy) is 1. The predicted octanol–water partition coefficient (Wildman–Crippen LogP) is 2.26. The molecule has 1 aromatic carbocycles. The molecule has 2 heteroatoms. The van der Waals surface area contributed by atoms with E-state index in [4.69, 9.17) is 4.74 Å². The molecule has 0 saturated carbocycles. The van der Waals surface area contributed by atoms with Crippen LogP contribution in [0.2, 0.25) is 0 Å². The number of rotatable bonds is 1. The molecule has 0 bridgehead atoms. The molecule has 1 aromatic rings. The van der Waals surface area contributed by atoms with Gasteiger partial charge >= 0.3 is 0 Å². The topological polar surface area (TPSA) is 21.3 Å². The van der Waals surface area contributed by atoms with Gasteiger partial charge in [-0.2, -0.15) is 0 Å². The second-order valence-electron chi connectivity index (χ2n) is 4.03. The van der Waals surface area contributed by atoms with Gasteiger partial charge in [-0.1, -0.05) is 6.07 Å². The molecular weight excluding hydrogens is 174 g/mol. The Kier molecular flexibility index (Phi) is 2.23. The molecule has 1 heterocycles. The highest BCUT2D eigenvalue weighted by Crippen LogP contribution is 2.38. The van der Waals surface area contributed by atoms with Gasteiger partial charge in [-0.05, 0) is 44.5 Å². The molecule has 0 fully saturated rings. The lowest BCUT2D eigenvalue weighted by molar-refractivity contribution is 0.316. The fourth-order valence-corrected chi connectivity index (χ4v) is 2.17. The van der Waals surface area contributed by atoms with E-state index in [-0.39, 0.29) is 0 Å². The van der Waals surface area contributed by atoms with E-state index in [1.54, 1.807) is 0 Å². The molecule has 2 rings (SSSR count). The van der Waals surface area contributed by atoms with E-state index in [9.17, 15) is 0 Å². The van der Waals surface area contributed by atoms with E-state index in [2.05, 4.69) is 32.2 Å². The van der Waals surface area contributed by atoms with Crippen molar-refractivity contribution >= 4 is 0 Å². The molecule has 0 radical (unpaired) electrons. The molecule has 1 aliphatic rings. The van der Waals surface area contributed by atoms with Crippen LogP contribution in [0.5, 0.6) is 5.75 Å². The number of nitrogens with one attached hydrogen (secondary N) is 1. The Labute approximate surface area is 85.3 Å².